The van der Waals surface area contributed by atoms with Crippen molar-refractivity contribution in [3.63, 3.8) is 0 Å². The van der Waals surface area contributed by atoms with E-state index in [1.54, 1.807) is 0 Å². The molecule has 1 atom stereocenters. The first kappa shape index (κ1) is 56.4. The van der Waals surface area contributed by atoms with Crippen molar-refractivity contribution < 1.29 is 28.6 Å². The minimum atomic E-state index is -0.762. The maximum absolute atomic E-state index is 12.8. The summed E-state index contributed by atoms with van der Waals surface area (Å²) in [5.74, 6) is 1.61. The largest absolute Gasteiger partial charge is 0.462 e. The Morgan fingerprint density at radius 2 is 0.500 bits per heavy atom. The Morgan fingerprint density at radius 3 is 0.741 bits per heavy atom. The van der Waals surface area contributed by atoms with Crippen molar-refractivity contribution in [3.05, 3.63) is 0 Å². The van der Waals surface area contributed by atoms with Gasteiger partial charge in [-0.25, -0.2) is 0 Å². The predicted molar refractivity (Wildman–Crippen MR) is 247 cm³/mol. The van der Waals surface area contributed by atoms with E-state index in [9.17, 15) is 14.4 Å². The van der Waals surface area contributed by atoms with Crippen LogP contribution in [0.5, 0.6) is 0 Å². The lowest BCUT2D eigenvalue weighted by Crippen LogP contribution is -2.30. The van der Waals surface area contributed by atoms with Crippen molar-refractivity contribution in [1.29, 1.82) is 0 Å². The lowest BCUT2D eigenvalue weighted by atomic mass is 10.0. The topological polar surface area (TPSA) is 78.9 Å². The van der Waals surface area contributed by atoms with E-state index < -0.39 is 6.10 Å². The second-order valence-corrected chi connectivity index (χ2v) is 19.2. The van der Waals surface area contributed by atoms with Crippen LogP contribution in [0.1, 0.15) is 279 Å². The summed E-state index contributed by atoms with van der Waals surface area (Å²) in [4.78, 5) is 37.9. The van der Waals surface area contributed by atoms with Gasteiger partial charge in [0.1, 0.15) is 13.2 Å². The molecule has 0 bridgehead atoms. The van der Waals surface area contributed by atoms with Gasteiger partial charge in [0.15, 0.2) is 6.10 Å². The Morgan fingerprint density at radius 1 is 0.293 bits per heavy atom. The summed E-state index contributed by atoms with van der Waals surface area (Å²) in [6.07, 6.45) is 42.3. The summed E-state index contributed by atoms with van der Waals surface area (Å²) in [6, 6.07) is 0. The van der Waals surface area contributed by atoms with Crippen LogP contribution in [0.2, 0.25) is 0 Å². The molecule has 0 amide bonds. The van der Waals surface area contributed by atoms with Gasteiger partial charge in [-0.3, -0.25) is 14.4 Å². The highest BCUT2D eigenvalue weighted by atomic mass is 16.6. The van der Waals surface area contributed by atoms with E-state index in [2.05, 4.69) is 41.5 Å². The van der Waals surface area contributed by atoms with Crippen molar-refractivity contribution in [2.45, 2.75) is 285 Å². The summed E-state index contributed by atoms with van der Waals surface area (Å²) in [5, 5.41) is 0. The second kappa shape index (κ2) is 43.5. The summed E-state index contributed by atoms with van der Waals surface area (Å²) in [6.45, 7) is 13.7. The second-order valence-electron chi connectivity index (χ2n) is 19.2. The zero-order chi connectivity index (χ0) is 42.7. The maximum Gasteiger partial charge on any atom is 0.306 e. The standard InChI is InChI=1S/C52H100O6/c1-46(2)38-32-26-20-14-8-7-9-17-23-29-35-41-50(53)56-44-49(58-52(55)43-37-31-25-19-13-11-16-22-28-34-40-48(5)6)45-57-51(54)42-36-30-24-18-12-10-15-21-27-33-39-47(3)4/h46-49H,7-45H2,1-6H3/t49-/m0/s1. The summed E-state index contributed by atoms with van der Waals surface area (Å²) in [7, 11) is 0. The number of esters is 3. The minimum Gasteiger partial charge on any atom is -0.462 e. The first-order valence-corrected chi connectivity index (χ1v) is 25.6. The van der Waals surface area contributed by atoms with Gasteiger partial charge in [-0.2, -0.15) is 0 Å². The molecule has 0 spiro atoms. The molecular weight excluding hydrogens is 721 g/mol. The van der Waals surface area contributed by atoms with Crippen molar-refractivity contribution in [3.8, 4) is 0 Å². The molecule has 0 aliphatic rings. The first-order valence-electron chi connectivity index (χ1n) is 25.6. The number of carbonyl (C=O) groups is 3. The van der Waals surface area contributed by atoms with Gasteiger partial charge in [0, 0.05) is 19.3 Å². The molecule has 0 rings (SSSR count). The molecule has 0 unspecified atom stereocenters. The fourth-order valence-electron chi connectivity index (χ4n) is 7.76. The number of carbonyl (C=O) groups excluding carboxylic acids is 3. The highest BCUT2D eigenvalue weighted by Gasteiger charge is 2.19. The fourth-order valence-corrected chi connectivity index (χ4v) is 7.76. The van der Waals surface area contributed by atoms with E-state index in [1.807, 2.05) is 0 Å². The van der Waals surface area contributed by atoms with Gasteiger partial charge in [0.25, 0.3) is 0 Å². The third-order valence-electron chi connectivity index (χ3n) is 11.6. The fraction of sp³-hybridized carbons (Fsp3) is 0.942. The van der Waals surface area contributed by atoms with Gasteiger partial charge in [-0.05, 0) is 37.0 Å². The molecule has 0 fully saturated rings. The van der Waals surface area contributed by atoms with Crippen LogP contribution in [0.4, 0.5) is 0 Å². The van der Waals surface area contributed by atoms with Crippen LogP contribution in [0.25, 0.3) is 0 Å². The van der Waals surface area contributed by atoms with E-state index in [0.717, 1.165) is 75.5 Å². The van der Waals surface area contributed by atoms with Gasteiger partial charge in [-0.15, -0.1) is 0 Å². The Kier molecular flexibility index (Phi) is 42.3. The highest BCUT2D eigenvalue weighted by molar-refractivity contribution is 5.71. The lowest BCUT2D eigenvalue weighted by Gasteiger charge is -2.18. The number of hydrogen-bond acceptors (Lipinski definition) is 6. The SMILES string of the molecule is CC(C)CCCCCCCCCCCCCC(=O)OC[C@@H](COC(=O)CCCCCCCCCCCCC(C)C)OC(=O)CCCCCCCCCCCCC(C)C. The lowest BCUT2D eigenvalue weighted by molar-refractivity contribution is -0.167. The summed E-state index contributed by atoms with van der Waals surface area (Å²) in [5.41, 5.74) is 0. The van der Waals surface area contributed by atoms with Gasteiger partial charge < -0.3 is 14.2 Å². The molecule has 6 nitrogen and oxygen atoms in total. The Labute approximate surface area is 361 Å². The molecule has 6 heteroatoms. The third-order valence-corrected chi connectivity index (χ3v) is 11.6. The van der Waals surface area contributed by atoms with Crippen LogP contribution in [0, 0.1) is 17.8 Å². The summed E-state index contributed by atoms with van der Waals surface area (Å²) >= 11 is 0. The van der Waals surface area contributed by atoms with Crippen LogP contribution in [-0.4, -0.2) is 37.2 Å². The monoisotopic (exact) mass is 821 g/mol. The normalized spacial score (nSPS) is 12.2. The smallest absolute Gasteiger partial charge is 0.306 e. The molecule has 0 heterocycles. The molecule has 0 aromatic rings. The van der Waals surface area contributed by atoms with Gasteiger partial charge in [-0.1, -0.05) is 241 Å². The van der Waals surface area contributed by atoms with E-state index >= 15 is 0 Å². The van der Waals surface area contributed by atoms with Crippen LogP contribution >= 0.6 is 0 Å². The molecule has 0 aromatic carbocycles. The number of unbranched alkanes of at least 4 members (excludes halogenated alkanes) is 28. The van der Waals surface area contributed by atoms with Crippen LogP contribution < -0.4 is 0 Å². The van der Waals surface area contributed by atoms with E-state index in [4.69, 9.17) is 14.2 Å². The number of hydrogen-bond donors (Lipinski definition) is 0. The van der Waals surface area contributed by atoms with Gasteiger partial charge in [0.05, 0.1) is 0 Å². The van der Waals surface area contributed by atoms with Crippen molar-refractivity contribution in [2.24, 2.45) is 17.8 Å². The van der Waals surface area contributed by atoms with Crippen LogP contribution in [-0.2, 0) is 28.6 Å². The molecule has 0 N–H and O–H groups in total. The van der Waals surface area contributed by atoms with E-state index in [1.165, 1.54) is 161 Å². The average molecular weight is 821 g/mol. The number of rotatable bonds is 45. The molecular formula is C52H100O6. The number of ether oxygens (including phenoxy) is 3. The quantitative estimate of drug-likeness (QED) is 0.0346. The minimum absolute atomic E-state index is 0.0650. The third kappa shape index (κ3) is 45.5. The average Bonchev–Trinajstić information content (AvgIpc) is 3.18. The highest BCUT2D eigenvalue weighted by Crippen LogP contribution is 2.17. The zero-order valence-corrected chi connectivity index (χ0v) is 39.8. The van der Waals surface area contributed by atoms with Crippen molar-refractivity contribution in [2.75, 3.05) is 13.2 Å². The maximum atomic E-state index is 12.8. The van der Waals surface area contributed by atoms with Crippen molar-refractivity contribution >= 4 is 17.9 Å². The Hall–Kier alpha value is -1.59. The van der Waals surface area contributed by atoms with E-state index in [0.29, 0.717) is 19.3 Å². The molecule has 0 saturated heterocycles. The molecule has 0 aliphatic heterocycles. The van der Waals surface area contributed by atoms with Gasteiger partial charge >= 0.3 is 17.9 Å². The Bertz CT molecular complexity index is 898. The molecule has 344 valence electrons. The molecule has 0 aromatic heterocycles. The van der Waals surface area contributed by atoms with E-state index in [-0.39, 0.29) is 31.1 Å². The van der Waals surface area contributed by atoms with Gasteiger partial charge in [0.2, 0.25) is 0 Å². The van der Waals surface area contributed by atoms with Crippen molar-refractivity contribution in [1.82, 2.24) is 0 Å². The van der Waals surface area contributed by atoms with Crippen LogP contribution in [0.3, 0.4) is 0 Å². The molecule has 0 saturated carbocycles. The molecule has 0 radical (unpaired) electrons. The summed E-state index contributed by atoms with van der Waals surface area (Å²) < 4.78 is 16.8. The molecule has 58 heavy (non-hydrogen) atoms. The predicted octanol–water partition coefficient (Wildman–Crippen LogP) is 16.4. The zero-order valence-electron chi connectivity index (χ0n) is 39.8. The molecule has 0 aliphatic carbocycles. The van der Waals surface area contributed by atoms with Crippen LogP contribution in [0.15, 0.2) is 0 Å². The Balaban J connectivity index is 4.33. The first-order chi connectivity index (χ1) is 28.1.